The highest BCUT2D eigenvalue weighted by Crippen LogP contribution is 2.29. The van der Waals surface area contributed by atoms with Crippen molar-refractivity contribution in [3.8, 4) is 28.3 Å². The Morgan fingerprint density at radius 2 is 1.76 bits per heavy atom. The van der Waals surface area contributed by atoms with Crippen LogP contribution in [-0.2, 0) is 9.84 Å². The number of anilines is 1. The van der Waals surface area contributed by atoms with E-state index in [0.717, 1.165) is 18.7 Å². The van der Waals surface area contributed by atoms with Crippen LogP contribution in [0.4, 0.5) is 5.82 Å². The number of piperidine rings is 1. The maximum absolute atomic E-state index is 12.9. The third kappa shape index (κ3) is 3.94. The lowest BCUT2D eigenvalue weighted by molar-refractivity contribution is 0.475. The van der Waals surface area contributed by atoms with E-state index in [-0.39, 0.29) is 16.8 Å². The van der Waals surface area contributed by atoms with Crippen LogP contribution >= 0.6 is 0 Å². The first-order valence-corrected chi connectivity index (χ1v) is 11.0. The number of nitrogens with one attached hydrogen (secondary N) is 1. The van der Waals surface area contributed by atoms with Gasteiger partial charge in [-0.25, -0.2) is 18.4 Å². The molecule has 4 N–H and O–H groups in total. The lowest BCUT2D eigenvalue weighted by Crippen LogP contribution is -2.35. The number of nitrogen functional groups attached to an aromatic ring is 1. The van der Waals surface area contributed by atoms with Crippen LogP contribution in [-0.4, -0.2) is 41.8 Å². The van der Waals surface area contributed by atoms with Gasteiger partial charge in [-0.3, -0.25) is 0 Å². The molecule has 1 saturated heterocycles. The first-order valence-electron chi connectivity index (χ1n) is 9.42. The number of aromatic hydroxyl groups is 1. The number of sulfone groups is 1. The number of nitrogens with zero attached hydrogens (tertiary/aromatic N) is 2. The van der Waals surface area contributed by atoms with Crippen LogP contribution in [0.5, 0.6) is 5.75 Å². The van der Waals surface area contributed by atoms with E-state index in [4.69, 9.17) is 5.73 Å². The molecule has 8 heteroatoms. The second kappa shape index (κ2) is 7.81. The van der Waals surface area contributed by atoms with Gasteiger partial charge >= 0.3 is 0 Å². The molecule has 0 atom stereocenters. The highest BCUT2D eigenvalue weighted by Gasteiger charge is 2.28. The van der Waals surface area contributed by atoms with Gasteiger partial charge in [0.25, 0.3) is 0 Å². The predicted molar refractivity (Wildman–Crippen MR) is 112 cm³/mol. The largest absolute Gasteiger partial charge is 0.508 e. The molecular formula is C21H22N4O3S. The second-order valence-corrected chi connectivity index (χ2v) is 9.29. The molecule has 2 aromatic carbocycles. The van der Waals surface area contributed by atoms with Crippen LogP contribution in [0.25, 0.3) is 22.5 Å². The van der Waals surface area contributed by atoms with E-state index in [1.54, 1.807) is 54.7 Å². The highest BCUT2D eigenvalue weighted by atomic mass is 32.2. The number of aromatic nitrogens is 2. The molecule has 0 spiro atoms. The molecule has 0 aliphatic carbocycles. The molecule has 1 aliphatic rings. The summed E-state index contributed by atoms with van der Waals surface area (Å²) in [6.45, 7) is 1.45. The molecule has 1 aliphatic heterocycles. The van der Waals surface area contributed by atoms with E-state index in [1.807, 2.05) is 0 Å². The quantitative estimate of drug-likeness (QED) is 0.605. The van der Waals surface area contributed by atoms with Gasteiger partial charge in [0.05, 0.1) is 22.0 Å². The number of rotatable bonds is 4. The maximum atomic E-state index is 12.9. The molecule has 29 heavy (non-hydrogen) atoms. The predicted octanol–water partition coefficient (Wildman–Crippen LogP) is 2.62. The summed E-state index contributed by atoms with van der Waals surface area (Å²) >= 11 is 0. The first kappa shape index (κ1) is 19.4. The van der Waals surface area contributed by atoms with E-state index in [2.05, 4.69) is 15.3 Å². The molecule has 1 fully saturated rings. The summed E-state index contributed by atoms with van der Waals surface area (Å²) in [5, 5.41) is 12.6. The molecule has 1 aromatic heterocycles. The minimum Gasteiger partial charge on any atom is -0.508 e. The van der Waals surface area contributed by atoms with E-state index in [1.165, 1.54) is 0 Å². The van der Waals surface area contributed by atoms with Gasteiger partial charge in [-0.05, 0) is 50.2 Å². The SMILES string of the molecule is Nc1ncc(-c2ccc(S(=O)(=O)C3CCNCC3)cc2)nc1-c1cccc(O)c1. The lowest BCUT2D eigenvalue weighted by Gasteiger charge is -2.22. The Morgan fingerprint density at radius 1 is 1.03 bits per heavy atom. The zero-order chi connectivity index (χ0) is 20.4. The Hall–Kier alpha value is -2.97. The van der Waals surface area contributed by atoms with Crippen molar-refractivity contribution in [3.05, 3.63) is 54.7 Å². The molecule has 0 bridgehead atoms. The Bertz CT molecular complexity index is 1120. The molecule has 0 saturated carbocycles. The van der Waals surface area contributed by atoms with Crippen molar-refractivity contribution in [2.45, 2.75) is 23.0 Å². The van der Waals surface area contributed by atoms with Crippen LogP contribution < -0.4 is 11.1 Å². The molecule has 2 heterocycles. The Labute approximate surface area is 169 Å². The van der Waals surface area contributed by atoms with Gasteiger partial charge in [0.2, 0.25) is 0 Å². The number of phenolic OH excluding ortho intramolecular Hbond substituents is 1. The van der Waals surface area contributed by atoms with Gasteiger partial charge in [-0.1, -0.05) is 24.3 Å². The molecule has 4 rings (SSSR count). The summed E-state index contributed by atoms with van der Waals surface area (Å²) in [6.07, 6.45) is 2.81. The van der Waals surface area contributed by atoms with Crippen LogP contribution in [0.2, 0.25) is 0 Å². The Kier molecular flexibility index (Phi) is 5.21. The van der Waals surface area contributed by atoms with Crippen molar-refractivity contribution < 1.29 is 13.5 Å². The smallest absolute Gasteiger partial charge is 0.181 e. The lowest BCUT2D eigenvalue weighted by atomic mass is 10.1. The van der Waals surface area contributed by atoms with Gasteiger partial charge in [0, 0.05) is 11.1 Å². The monoisotopic (exact) mass is 410 g/mol. The number of phenols is 1. The summed E-state index contributed by atoms with van der Waals surface area (Å²) in [4.78, 5) is 9.12. The maximum Gasteiger partial charge on any atom is 0.181 e. The molecular weight excluding hydrogens is 388 g/mol. The average molecular weight is 410 g/mol. The minimum atomic E-state index is -3.35. The van der Waals surface area contributed by atoms with E-state index in [0.29, 0.717) is 34.7 Å². The summed E-state index contributed by atoms with van der Waals surface area (Å²) in [7, 11) is -3.35. The molecule has 7 nitrogen and oxygen atoms in total. The molecule has 3 aromatic rings. The van der Waals surface area contributed by atoms with E-state index >= 15 is 0 Å². The first-order chi connectivity index (χ1) is 13.9. The van der Waals surface area contributed by atoms with Crippen molar-refractivity contribution in [2.75, 3.05) is 18.8 Å². The summed E-state index contributed by atoms with van der Waals surface area (Å²) in [6, 6.07) is 13.4. The molecule has 0 amide bonds. The van der Waals surface area contributed by atoms with Crippen LogP contribution in [0, 0.1) is 0 Å². The van der Waals surface area contributed by atoms with Crippen LogP contribution in [0.15, 0.2) is 59.6 Å². The topological polar surface area (TPSA) is 118 Å². The van der Waals surface area contributed by atoms with E-state index in [9.17, 15) is 13.5 Å². The fourth-order valence-electron chi connectivity index (χ4n) is 3.52. The standard InChI is InChI=1S/C21H22N4O3S/c22-21-20(15-2-1-3-16(26)12-15)25-19(13-24-21)14-4-6-17(7-5-14)29(27,28)18-8-10-23-11-9-18/h1-7,12-13,18,23,26H,8-11H2,(H2,22,24). The Balaban J connectivity index is 1.65. The van der Waals surface area contributed by atoms with Gasteiger partial charge < -0.3 is 16.2 Å². The van der Waals surface area contributed by atoms with Crippen molar-refractivity contribution in [1.82, 2.24) is 15.3 Å². The van der Waals surface area contributed by atoms with Gasteiger partial charge in [-0.15, -0.1) is 0 Å². The Morgan fingerprint density at radius 3 is 2.45 bits per heavy atom. The van der Waals surface area contributed by atoms with Crippen molar-refractivity contribution in [1.29, 1.82) is 0 Å². The van der Waals surface area contributed by atoms with Crippen LogP contribution in [0.3, 0.4) is 0 Å². The zero-order valence-electron chi connectivity index (χ0n) is 15.7. The average Bonchev–Trinajstić information content (AvgIpc) is 2.75. The number of hydrogen-bond acceptors (Lipinski definition) is 7. The minimum absolute atomic E-state index is 0.113. The third-order valence-electron chi connectivity index (χ3n) is 5.12. The fraction of sp³-hybridized carbons (Fsp3) is 0.238. The fourth-order valence-corrected chi connectivity index (χ4v) is 5.27. The van der Waals surface area contributed by atoms with Crippen molar-refractivity contribution in [2.24, 2.45) is 0 Å². The third-order valence-corrected chi connectivity index (χ3v) is 7.40. The summed E-state index contributed by atoms with van der Waals surface area (Å²) in [5.41, 5.74) is 8.40. The number of nitrogens with two attached hydrogens (primary N) is 1. The summed E-state index contributed by atoms with van der Waals surface area (Å²) in [5.74, 6) is 0.367. The number of benzene rings is 2. The molecule has 150 valence electrons. The summed E-state index contributed by atoms with van der Waals surface area (Å²) < 4.78 is 25.7. The van der Waals surface area contributed by atoms with Crippen molar-refractivity contribution in [3.63, 3.8) is 0 Å². The van der Waals surface area contributed by atoms with Gasteiger partial charge in [0.1, 0.15) is 17.3 Å². The van der Waals surface area contributed by atoms with Gasteiger partial charge in [-0.2, -0.15) is 0 Å². The highest BCUT2D eigenvalue weighted by molar-refractivity contribution is 7.92. The van der Waals surface area contributed by atoms with Gasteiger partial charge in [0.15, 0.2) is 9.84 Å². The molecule has 0 radical (unpaired) electrons. The van der Waals surface area contributed by atoms with Crippen LogP contribution in [0.1, 0.15) is 12.8 Å². The van der Waals surface area contributed by atoms with Crippen molar-refractivity contribution >= 4 is 15.7 Å². The zero-order valence-corrected chi connectivity index (χ0v) is 16.6. The normalized spacial score (nSPS) is 15.3. The molecule has 0 unspecified atom stereocenters. The van der Waals surface area contributed by atoms with E-state index < -0.39 is 9.84 Å². The second-order valence-electron chi connectivity index (χ2n) is 7.06. The number of hydrogen-bond donors (Lipinski definition) is 3.